The number of hydrogen-bond donors (Lipinski definition) is 0. The van der Waals surface area contributed by atoms with E-state index >= 15 is 0 Å². The minimum atomic E-state index is -1.13. The van der Waals surface area contributed by atoms with Crippen LogP contribution in [0.3, 0.4) is 0 Å². The van der Waals surface area contributed by atoms with Crippen molar-refractivity contribution in [2.24, 2.45) is 0 Å². The molecule has 0 fully saturated rings. The zero-order valence-corrected chi connectivity index (χ0v) is 8.86. The van der Waals surface area contributed by atoms with E-state index in [0.29, 0.717) is 0 Å². The molecule has 0 aliphatic carbocycles. The van der Waals surface area contributed by atoms with Crippen LogP contribution in [0, 0.1) is 0 Å². The SMILES string of the molecule is CCCC[Te](C)(C)C. The minimum absolute atomic E-state index is 1.13. The van der Waals surface area contributed by atoms with E-state index in [1.807, 2.05) is 0 Å². The van der Waals surface area contributed by atoms with Gasteiger partial charge in [-0.3, -0.25) is 0 Å². The Balaban J connectivity index is 3.11. The van der Waals surface area contributed by atoms with Crippen LogP contribution in [-0.4, -0.2) is 18.2 Å². The van der Waals surface area contributed by atoms with Gasteiger partial charge in [0.05, 0.1) is 0 Å². The molecule has 0 saturated heterocycles. The van der Waals surface area contributed by atoms with Gasteiger partial charge >= 0.3 is 57.3 Å². The molecule has 0 atom stereocenters. The molecule has 0 aliphatic heterocycles. The van der Waals surface area contributed by atoms with Gasteiger partial charge in [-0.1, -0.05) is 0 Å². The summed E-state index contributed by atoms with van der Waals surface area (Å²) in [6.45, 7) is 2.27. The molecule has 0 spiro atoms. The molecule has 0 unspecified atom stereocenters. The molecule has 0 heterocycles. The molecule has 0 rings (SSSR count). The standard InChI is InChI=1S/C7H18Te/c1-5-6-7-8(2,3)4/h5-7H2,1-4H3. The van der Waals surface area contributed by atoms with Gasteiger partial charge in [0.25, 0.3) is 0 Å². The van der Waals surface area contributed by atoms with Crippen molar-refractivity contribution >= 4 is 18.2 Å². The summed E-state index contributed by atoms with van der Waals surface area (Å²) >= 11 is -1.13. The van der Waals surface area contributed by atoms with Crippen molar-refractivity contribution in [2.75, 3.05) is 0 Å². The van der Waals surface area contributed by atoms with Crippen molar-refractivity contribution in [3.05, 3.63) is 0 Å². The zero-order chi connectivity index (χ0) is 6.62. The van der Waals surface area contributed by atoms with Crippen LogP contribution < -0.4 is 0 Å². The molecule has 0 aromatic carbocycles. The fourth-order valence-electron chi connectivity index (χ4n) is 0.577. The summed E-state index contributed by atoms with van der Waals surface area (Å²) in [5.41, 5.74) is 0. The molecular formula is C7H18Te. The normalized spacial score (nSPS) is 14.0. The summed E-state index contributed by atoms with van der Waals surface area (Å²) in [5.74, 6) is 0. The third-order valence-electron chi connectivity index (χ3n) is 1.11. The first-order valence-corrected chi connectivity index (χ1v) is 11.9. The van der Waals surface area contributed by atoms with Crippen molar-refractivity contribution in [1.82, 2.24) is 0 Å². The van der Waals surface area contributed by atoms with Gasteiger partial charge in [0, 0.05) is 0 Å². The molecular weight excluding hydrogens is 212 g/mol. The summed E-state index contributed by atoms with van der Waals surface area (Å²) < 4.78 is 1.55. The van der Waals surface area contributed by atoms with Gasteiger partial charge in [-0.25, -0.2) is 0 Å². The van der Waals surface area contributed by atoms with Crippen LogP contribution in [-0.2, 0) is 0 Å². The summed E-state index contributed by atoms with van der Waals surface area (Å²) in [7, 11) is 0. The van der Waals surface area contributed by atoms with Crippen LogP contribution in [0.1, 0.15) is 19.8 Å². The Hall–Kier alpha value is 0.790. The van der Waals surface area contributed by atoms with Gasteiger partial charge < -0.3 is 0 Å². The Morgan fingerprint density at radius 1 is 1.12 bits per heavy atom. The van der Waals surface area contributed by atoms with Crippen LogP contribution in [0.5, 0.6) is 0 Å². The Morgan fingerprint density at radius 2 is 1.62 bits per heavy atom. The Kier molecular flexibility index (Phi) is 4.12. The molecule has 52 valence electrons. The Morgan fingerprint density at radius 3 is 1.75 bits per heavy atom. The first kappa shape index (κ1) is 8.79. The topological polar surface area (TPSA) is 0 Å². The molecule has 0 radical (unpaired) electrons. The van der Waals surface area contributed by atoms with Crippen molar-refractivity contribution in [3.63, 3.8) is 0 Å². The van der Waals surface area contributed by atoms with E-state index in [1.165, 1.54) is 12.8 Å². The molecule has 0 saturated carbocycles. The molecule has 0 nitrogen and oxygen atoms in total. The van der Waals surface area contributed by atoms with Crippen LogP contribution in [0.4, 0.5) is 0 Å². The second-order valence-electron chi connectivity index (χ2n) is 3.15. The van der Waals surface area contributed by atoms with E-state index < -0.39 is 18.2 Å². The average Bonchev–Trinajstić information content (AvgIpc) is 1.59. The van der Waals surface area contributed by atoms with E-state index in [0.717, 1.165) is 0 Å². The zero-order valence-electron chi connectivity index (χ0n) is 6.53. The third-order valence-corrected chi connectivity index (χ3v) is 5.43. The Bertz CT molecular complexity index is 51.9. The summed E-state index contributed by atoms with van der Waals surface area (Å²) in [5, 5.41) is 0. The van der Waals surface area contributed by atoms with Crippen molar-refractivity contribution < 1.29 is 0 Å². The second kappa shape index (κ2) is 3.75. The predicted octanol–water partition coefficient (Wildman–Crippen LogP) is 3.12. The number of rotatable bonds is 3. The van der Waals surface area contributed by atoms with E-state index in [-0.39, 0.29) is 0 Å². The fourth-order valence-corrected chi connectivity index (χ4v) is 3.87. The fraction of sp³-hybridized carbons (Fsp3) is 1.00. The van der Waals surface area contributed by atoms with Crippen molar-refractivity contribution in [1.29, 1.82) is 0 Å². The Labute approximate surface area is 57.5 Å². The molecule has 0 aromatic heterocycles. The summed E-state index contributed by atoms with van der Waals surface area (Å²) in [6, 6.07) is 0. The van der Waals surface area contributed by atoms with E-state index in [2.05, 4.69) is 21.8 Å². The van der Waals surface area contributed by atoms with Crippen molar-refractivity contribution in [2.45, 2.75) is 39.1 Å². The van der Waals surface area contributed by atoms with E-state index in [1.54, 1.807) is 4.47 Å². The first-order chi connectivity index (χ1) is 3.56. The molecule has 0 N–H and O–H groups in total. The average molecular weight is 230 g/mol. The second-order valence-corrected chi connectivity index (χ2v) is 16.2. The third kappa shape index (κ3) is 6.79. The summed E-state index contributed by atoms with van der Waals surface area (Å²) in [6.07, 6.45) is 2.84. The van der Waals surface area contributed by atoms with Crippen molar-refractivity contribution in [3.8, 4) is 0 Å². The van der Waals surface area contributed by atoms with Crippen LogP contribution in [0.25, 0.3) is 0 Å². The maximum absolute atomic E-state index is 2.48. The van der Waals surface area contributed by atoms with Gasteiger partial charge in [-0.15, -0.1) is 0 Å². The molecule has 0 bridgehead atoms. The van der Waals surface area contributed by atoms with E-state index in [9.17, 15) is 0 Å². The van der Waals surface area contributed by atoms with E-state index in [4.69, 9.17) is 0 Å². The summed E-state index contributed by atoms with van der Waals surface area (Å²) in [4.78, 5) is 7.45. The van der Waals surface area contributed by atoms with Crippen LogP contribution in [0.2, 0.25) is 19.4 Å². The van der Waals surface area contributed by atoms with Crippen LogP contribution in [0.15, 0.2) is 0 Å². The molecule has 0 amide bonds. The maximum atomic E-state index is 2.48. The molecule has 0 aliphatic rings. The predicted molar refractivity (Wildman–Crippen MR) is 43.1 cm³/mol. The molecule has 1 heteroatoms. The molecule has 8 heavy (non-hydrogen) atoms. The van der Waals surface area contributed by atoms with Crippen LogP contribution >= 0.6 is 0 Å². The number of hydrogen-bond acceptors (Lipinski definition) is 0. The quantitative estimate of drug-likeness (QED) is 0.653. The van der Waals surface area contributed by atoms with Gasteiger partial charge in [-0.05, 0) is 0 Å². The van der Waals surface area contributed by atoms with Gasteiger partial charge in [-0.2, -0.15) is 0 Å². The van der Waals surface area contributed by atoms with Gasteiger partial charge in [0.15, 0.2) is 0 Å². The van der Waals surface area contributed by atoms with Gasteiger partial charge in [0.1, 0.15) is 0 Å². The monoisotopic (exact) mass is 232 g/mol. The van der Waals surface area contributed by atoms with Gasteiger partial charge in [0.2, 0.25) is 0 Å². The number of unbranched alkanes of at least 4 members (excludes halogenated alkanes) is 1. The molecule has 0 aromatic rings. The first-order valence-electron chi connectivity index (χ1n) is 3.22.